The van der Waals surface area contributed by atoms with Gasteiger partial charge in [0.25, 0.3) is 0 Å². The van der Waals surface area contributed by atoms with E-state index in [0.717, 1.165) is 25.7 Å². The van der Waals surface area contributed by atoms with Gasteiger partial charge in [0, 0.05) is 18.2 Å². The van der Waals surface area contributed by atoms with Crippen molar-refractivity contribution >= 4 is 5.97 Å². The summed E-state index contributed by atoms with van der Waals surface area (Å²) in [6, 6.07) is 6.42. The van der Waals surface area contributed by atoms with Crippen LogP contribution in [0.3, 0.4) is 0 Å². The molecule has 0 aromatic heterocycles. The highest BCUT2D eigenvalue weighted by Crippen LogP contribution is 2.25. The Morgan fingerprint density at radius 3 is 2.70 bits per heavy atom. The molecule has 1 aromatic carbocycles. The van der Waals surface area contributed by atoms with Gasteiger partial charge in [-0.2, -0.15) is 5.26 Å². The maximum Gasteiger partial charge on any atom is 0.317 e. The molecule has 0 atom stereocenters. The summed E-state index contributed by atoms with van der Waals surface area (Å²) in [5, 5.41) is 17.7. The van der Waals surface area contributed by atoms with Gasteiger partial charge in [0.05, 0.1) is 18.2 Å². The van der Waals surface area contributed by atoms with Crippen LogP contribution in [0.5, 0.6) is 0 Å². The average molecular weight is 276 g/mol. The van der Waals surface area contributed by atoms with Crippen molar-refractivity contribution in [1.29, 1.82) is 5.26 Å². The first-order chi connectivity index (χ1) is 9.60. The number of carboxylic acid groups (broad SMARTS) is 1. The summed E-state index contributed by atoms with van der Waals surface area (Å²) in [5.74, 6) is -1.34. The molecule has 0 bridgehead atoms. The number of carbonyl (C=O) groups is 1. The van der Waals surface area contributed by atoms with Crippen LogP contribution in [0.2, 0.25) is 0 Å². The zero-order valence-electron chi connectivity index (χ0n) is 11.2. The minimum Gasteiger partial charge on any atom is -0.480 e. The van der Waals surface area contributed by atoms with Crippen LogP contribution in [0.4, 0.5) is 4.39 Å². The predicted molar refractivity (Wildman–Crippen MR) is 71.4 cm³/mol. The van der Waals surface area contributed by atoms with Crippen LogP contribution < -0.4 is 0 Å². The van der Waals surface area contributed by atoms with Crippen molar-refractivity contribution in [2.24, 2.45) is 0 Å². The molecule has 20 heavy (non-hydrogen) atoms. The van der Waals surface area contributed by atoms with Gasteiger partial charge >= 0.3 is 5.97 Å². The number of nitriles is 1. The summed E-state index contributed by atoms with van der Waals surface area (Å²) < 4.78 is 13.9. The van der Waals surface area contributed by atoms with Gasteiger partial charge in [-0.05, 0) is 25.0 Å². The quantitative estimate of drug-likeness (QED) is 0.897. The van der Waals surface area contributed by atoms with Crippen molar-refractivity contribution in [3.8, 4) is 6.07 Å². The number of halogens is 1. The highest BCUT2D eigenvalue weighted by Gasteiger charge is 2.25. The van der Waals surface area contributed by atoms with E-state index >= 15 is 0 Å². The van der Waals surface area contributed by atoms with Gasteiger partial charge in [0.1, 0.15) is 5.82 Å². The second-order valence-electron chi connectivity index (χ2n) is 5.15. The Hall–Kier alpha value is -1.93. The van der Waals surface area contributed by atoms with E-state index in [2.05, 4.69) is 0 Å². The monoisotopic (exact) mass is 276 g/mol. The number of hydrogen-bond acceptors (Lipinski definition) is 3. The van der Waals surface area contributed by atoms with Crippen LogP contribution in [0.15, 0.2) is 18.2 Å². The van der Waals surface area contributed by atoms with E-state index in [9.17, 15) is 9.18 Å². The fourth-order valence-electron chi connectivity index (χ4n) is 2.72. The van der Waals surface area contributed by atoms with Crippen LogP contribution >= 0.6 is 0 Å². The molecular weight excluding hydrogens is 259 g/mol. The Bertz CT molecular complexity index is 533. The molecular formula is C15H17FN2O2. The molecule has 4 nitrogen and oxygen atoms in total. The Labute approximate surface area is 117 Å². The van der Waals surface area contributed by atoms with Gasteiger partial charge in [-0.25, -0.2) is 4.39 Å². The molecule has 1 aromatic rings. The van der Waals surface area contributed by atoms with Crippen LogP contribution in [0.25, 0.3) is 0 Å². The fourth-order valence-corrected chi connectivity index (χ4v) is 2.72. The first kappa shape index (κ1) is 14.5. The number of benzene rings is 1. The van der Waals surface area contributed by atoms with E-state index in [0.29, 0.717) is 5.56 Å². The lowest BCUT2D eigenvalue weighted by atomic mass is 10.1. The molecule has 0 radical (unpaired) electrons. The summed E-state index contributed by atoms with van der Waals surface area (Å²) in [5.41, 5.74) is 0.717. The zero-order chi connectivity index (χ0) is 14.5. The van der Waals surface area contributed by atoms with Crippen molar-refractivity contribution in [2.45, 2.75) is 38.3 Å². The Morgan fingerprint density at radius 1 is 1.45 bits per heavy atom. The number of rotatable bonds is 5. The number of carboxylic acids is 1. The Kier molecular flexibility index (Phi) is 4.70. The molecule has 5 heteroatoms. The summed E-state index contributed by atoms with van der Waals surface area (Å²) in [7, 11) is 0. The lowest BCUT2D eigenvalue weighted by molar-refractivity contribution is -0.139. The molecule has 1 fully saturated rings. The second-order valence-corrected chi connectivity index (χ2v) is 5.15. The Morgan fingerprint density at radius 2 is 2.15 bits per heavy atom. The summed E-state index contributed by atoms with van der Waals surface area (Å²) in [6.07, 6.45) is 4.11. The van der Waals surface area contributed by atoms with Crippen molar-refractivity contribution in [1.82, 2.24) is 4.90 Å². The molecule has 1 saturated carbocycles. The number of hydrogen-bond donors (Lipinski definition) is 1. The van der Waals surface area contributed by atoms with Crippen molar-refractivity contribution in [3.63, 3.8) is 0 Å². The van der Waals surface area contributed by atoms with E-state index in [1.165, 1.54) is 6.07 Å². The summed E-state index contributed by atoms with van der Waals surface area (Å²) >= 11 is 0. The molecule has 1 aliphatic rings. The molecule has 0 spiro atoms. The van der Waals surface area contributed by atoms with E-state index in [4.69, 9.17) is 10.4 Å². The summed E-state index contributed by atoms with van der Waals surface area (Å²) in [4.78, 5) is 12.8. The first-order valence-electron chi connectivity index (χ1n) is 6.74. The Balaban J connectivity index is 2.14. The van der Waals surface area contributed by atoms with Gasteiger partial charge in [0.2, 0.25) is 0 Å². The molecule has 0 aliphatic heterocycles. The van der Waals surface area contributed by atoms with E-state index < -0.39 is 11.8 Å². The zero-order valence-corrected chi connectivity index (χ0v) is 11.2. The second kappa shape index (κ2) is 6.49. The average Bonchev–Trinajstić information content (AvgIpc) is 2.93. The van der Waals surface area contributed by atoms with Gasteiger partial charge in [-0.15, -0.1) is 0 Å². The predicted octanol–water partition coefficient (Wildman–Crippen LogP) is 2.53. The fraction of sp³-hybridized carbons (Fsp3) is 0.467. The highest BCUT2D eigenvalue weighted by atomic mass is 19.1. The van der Waals surface area contributed by atoms with Crippen molar-refractivity contribution in [2.75, 3.05) is 6.54 Å². The SMILES string of the molecule is N#Cc1ccc(CN(CC(=O)O)C2CCCC2)c(F)c1. The smallest absolute Gasteiger partial charge is 0.317 e. The minimum atomic E-state index is -0.897. The maximum atomic E-state index is 13.9. The van der Waals surface area contributed by atoms with Gasteiger partial charge in [-0.3, -0.25) is 9.69 Å². The van der Waals surface area contributed by atoms with Crippen molar-refractivity contribution in [3.05, 3.63) is 35.1 Å². The first-order valence-corrected chi connectivity index (χ1v) is 6.74. The molecule has 1 N–H and O–H groups in total. The lowest BCUT2D eigenvalue weighted by Crippen LogP contribution is -2.37. The van der Waals surface area contributed by atoms with Crippen LogP contribution in [0, 0.1) is 17.1 Å². The van der Waals surface area contributed by atoms with Crippen LogP contribution in [-0.2, 0) is 11.3 Å². The highest BCUT2D eigenvalue weighted by molar-refractivity contribution is 5.69. The summed E-state index contributed by atoms with van der Waals surface area (Å²) in [6.45, 7) is 0.193. The normalized spacial score (nSPS) is 15.4. The van der Waals surface area contributed by atoms with Crippen molar-refractivity contribution < 1.29 is 14.3 Å². The third-order valence-electron chi connectivity index (χ3n) is 3.74. The number of nitrogens with zero attached hydrogens (tertiary/aromatic N) is 2. The largest absolute Gasteiger partial charge is 0.480 e. The molecule has 0 heterocycles. The molecule has 0 amide bonds. The third-order valence-corrected chi connectivity index (χ3v) is 3.74. The third kappa shape index (κ3) is 3.55. The molecule has 2 rings (SSSR count). The molecule has 106 valence electrons. The number of aliphatic carboxylic acids is 1. The minimum absolute atomic E-state index is 0.0793. The van der Waals surface area contributed by atoms with E-state index in [-0.39, 0.29) is 24.7 Å². The van der Waals surface area contributed by atoms with Crippen LogP contribution in [0.1, 0.15) is 36.8 Å². The lowest BCUT2D eigenvalue weighted by Gasteiger charge is -2.27. The standard InChI is InChI=1S/C15H17FN2O2/c16-14-7-11(8-17)5-6-12(14)9-18(10-15(19)20)13-3-1-2-4-13/h5-7,13H,1-4,9-10H2,(H,19,20). The van der Waals surface area contributed by atoms with Crippen LogP contribution in [-0.4, -0.2) is 28.6 Å². The molecule has 0 unspecified atom stereocenters. The molecule has 1 aliphatic carbocycles. The maximum absolute atomic E-state index is 13.9. The van der Waals surface area contributed by atoms with Gasteiger partial charge < -0.3 is 5.11 Å². The van der Waals surface area contributed by atoms with Gasteiger partial charge in [0.15, 0.2) is 0 Å². The van der Waals surface area contributed by atoms with Gasteiger partial charge in [-0.1, -0.05) is 18.9 Å². The molecule has 0 saturated heterocycles. The topological polar surface area (TPSA) is 64.3 Å². The van der Waals surface area contributed by atoms with E-state index in [1.807, 2.05) is 11.0 Å². The van der Waals surface area contributed by atoms with E-state index in [1.54, 1.807) is 12.1 Å².